The van der Waals surface area contributed by atoms with Gasteiger partial charge in [0.25, 0.3) is 5.91 Å². The summed E-state index contributed by atoms with van der Waals surface area (Å²) in [5, 5.41) is 9.69. The van der Waals surface area contributed by atoms with Gasteiger partial charge in [0.1, 0.15) is 11.5 Å². The summed E-state index contributed by atoms with van der Waals surface area (Å²) >= 11 is 15.7. The van der Waals surface area contributed by atoms with Crippen LogP contribution in [-0.4, -0.2) is 54.6 Å². The first-order valence-corrected chi connectivity index (χ1v) is 14.9. The Kier molecular flexibility index (Phi) is 8.64. The first-order chi connectivity index (χ1) is 18.4. The molecule has 1 fully saturated rings. The Bertz CT molecular complexity index is 1360. The zero-order valence-electron chi connectivity index (χ0n) is 20.8. The number of esters is 1. The predicted molar refractivity (Wildman–Crippen MR) is 155 cm³/mol. The molecule has 1 saturated heterocycles. The third-order valence-electron chi connectivity index (χ3n) is 6.50. The zero-order valence-corrected chi connectivity index (χ0v) is 23.9. The lowest BCUT2D eigenvalue weighted by Crippen LogP contribution is -2.37. The monoisotopic (exact) mass is 591 g/mol. The number of piperidine rings is 1. The highest BCUT2D eigenvalue weighted by atomic mass is 35.5. The van der Waals surface area contributed by atoms with Crippen molar-refractivity contribution in [1.82, 2.24) is 15.3 Å². The molecular weight excluding hydrogens is 565 g/mol. The van der Waals surface area contributed by atoms with Crippen molar-refractivity contribution in [3.05, 3.63) is 50.3 Å². The number of aromatic nitrogens is 2. The second-order valence-electron chi connectivity index (χ2n) is 9.01. The highest BCUT2D eigenvalue weighted by Gasteiger charge is 2.28. The van der Waals surface area contributed by atoms with E-state index >= 15 is 0 Å². The normalized spacial score (nSPS) is 16.3. The molecule has 1 amide bonds. The minimum absolute atomic E-state index is 0.103. The number of halogens is 2. The number of hydrogen-bond acceptors (Lipinski definition) is 9. The molecule has 5 heterocycles. The number of nitrogens with zero attached hydrogens (tertiary/aromatic N) is 3. The number of nitrogens with one attached hydrogen (secondary N) is 2. The molecule has 0 saturated carbocycles. The van der Waals surface area contributed by atoms with Gasteiger partial charge in [-0.1, -0.05) is 40.6 Å². The largest absolute Gasteiger partial charge is 0.466 e. The fraction of sp³-hybridized carbons (Fsp3) is 0.385. The minimum Gasteiger partial charge on any atom is -0.466 e. The van der Waals surface area contributed by atoms with Crippen LogP contribution in [0.5, 0.6) is 0 Å². The SMILES string of the molecule is CCOC(=O)C1CCN(c2ncc(C(=O)Nc3nc(-c4cc(Cl)cs4)c(C4=CCNCC4)s3)cc2Cl)CC1. The second kappa shape index (κ2) is 12.1. The number of amides is 1. The minimum atomic E-state index is -0.331. The summed E-state index contributed by atoms with van der Waals surface area (Å²) in [5.74, 6) is 0.0263. The van der Waals surface area contributed by atoms with Gasteiger partial charge >= 0.3 is 5.97 Å². The molecule has 2 N–H and O–H groups in total. The number of hydrogen-bond donors (Lipinski definition) is 2. The molecule has 0 unspecified atom stereocenters. The first-order valence-electron chi connectivity index (χ1n) is 12.5. The molecule has 2 aliphatic heterocycles. The van der Waals surface area contributed by atoms with Crippen LogP contribution in [0.3, 0.4) is 0 Å². The van der Waals surface area contributed by atoms with E-state index in [9.17, 15) is 9.59 Å². The molecule has 8 nitrogen and oxygen atoms in total. The van der Waals surface area contributed by atoms with E-state index in [1.807, 2.05) is 23.3 Å². The number of thiophene rings is 1. The summed E-state index contributed by atoms with van der Waals surface area (Å²) in [4.78, 5) is 38.4. The van der Waals surface area contributed by atoms with Crippen molar-refractivity contribution in [1.29, 1.82) is 0 Å². The highest BCUT2D eigenvalue weighted by molar-refractivity contribution is 7.18. The van der Waals surface area contributed by atoms with Crippen molar-refractivity contribution >= 4 is 74.3 Å². The van der Waals surface area contributed by atoms with Crippen molar-refractivity contribution in [2.24, 2.45) is 5.92 Å². The van der Waals surface area contributed by atoms with E-state index < -0.39 is 0 Å². The van der Waals surface area contributed by atoms with E-state index in [1.165, 1.54) is 34.4 Å². The van der Waals surface area contributed by atoms with Crippen LogP contribution in [0.4, 0.5) is 10.9 Å². The van der Waals surface area contributed by atoms with Gasteiger partial charge in [0.15, 0.2) is 5.13 Å². The van der Waals surface area contributed by atoms with Crippen LogP contribution in [0.25, 0.3) is 16.1 Å². The molecule has 3 aromatic rings. The summed E-state index contributed by atoms with van der Waals surface area (Å²) < 4.78 is 5.15. The number of anilines is 2. The van der Waals surface area contributed by atoms with Crippen LogP contribution >= 0.6 is 45.9 Å². The van der Waals surface area contributed by atoms with Gasteiger partial charge in [-0.2, -0.15) is 0 Å². The van der Waals surface area contributed by atoms with Gasteiger partial charge in [-0.25, -0.2) is 9.97 Å². The zero-order chi connectivity index (χ0) is 26.6. The molecule has 2 aliphatic rings. The van der Waals surface area contributed by atoms with E-state index in [2.05, 4.69) is 21.7 Å². The highest BCUT2D eigenvalue weighted by Crippen LogP contribution is 2.41. The van der Waals surface area contributed by atoms with Crippen LogP contribution in [0.2, 0.25) is 10.0 Å². The third kappa shape index (κ3) is 6.05. The molecule has 3 aromatic heterocycles. The number of carbonyl (C=O) groups excluding carboxylic acids is 2. The van der Waals surface area contributed by atoms with Crippen molar-refractivity contribution in [2.45, 2.75) is 26.2 Å². The van der Waals surface area contributed by atoms with E-state index in [1.54, 1.807) is 6.07 Å². The molecule has 0 radical (unpaired) electrons. The molecule has 12 heteroatoms. The fourth-order valence-corrected chi connectivity index (χ4v) is 7.03. The van der Waals surface area contributed by atoms with Gasteiger partial charge in [0.05, 0.1) is 37.9 Å². The Labute approximate surface area is 239 Å². The number of rotatable bonds is 7. The van der Waals surface area contributed by atoms with Gasteiger partial charge in [-0.05, 0) is 50.4 Å². The number of thiazole rings is 1. The van der Waals surface area contributed by atoms with Crippen LogP contribution in [-0.2, 0) is 9.53 Å². The van der Waals surface area contributed by atoms with Gasteiger partial charge in [0, 0.05) is 31.2 Å². The summed E-state index contributed by atoms with van der Waals surface area (Å²) in [5.41, 5.74) is 2.38. The molecule has 200 valence electrons. The van der Waals surface area contributed by atoms with E-state index in [4.69, 9.17) is 32.9 Å². The van der Waals surface area contributed by atoms with Gasteiger partial charge in [-0.15, -0.1) is 11.3 Å². The van der Waals surface area contributed by atoms with Crippen molar-refractivity contribution in [3.8, 4) is 10.6 Å². The lowest BCUT2D eigenvalue weighted by atomic mass is 9.97. The summed E-state index contributed by atoms with van der Waals surface area (Å²) in [6.45, 7) is 5.18. The van der Waals surface area contributed by atoms with Gasteiger partial charge < -0.3 is 15.0 Å². The molecular formula is C26H27Cl2N5O3S2. The van der Waals surface area contributed by atoms with Crippen molar-refractivity contribution < 1.29 is 14.3 Å². The summed E-state index contributed by atoms with van der Waals surface area (Å²) in [6, 6.07) is 3.52. The lowest BCUT2D eigenvalue weighted by molar-refractivity contribution is -0.148. The fourth-order valence-electron chi connectivity index (χ4n) is 4.57. The van der Waals surface area contributed by atoms with E-state index in [0.29, 0.717) is 59.1 Å². The maximum Gasteiger partial charge on any atom is 0.309 e. The van der Waals surface area contributed by atoms with Crippen LogP contribution < -0.4 is 15.5 Å². The molecule has 0 aliphatic carbocycles. The molecule has 0 spiro atoms. The third-order valence-corrected chi connectivity index (χ3v) is 9.11. The number of ether oxygens (including phenoxy) is 1. The quantitative estimate of drug-likeness (QED) is 0.326. The summed E-state index contributed by atoms with van der Waals surface area (Å²) in [6.07, 6.45) is 5.93. The Morgan fingerprint density at radius 1 is 1.26 bits per heavy atom. The van der Waals surface area contributed by atoms with Gasteiger partial charge in [0.2, 0.25) is 0 Å². The molecule has 38 heavy (non-hydrogen) atoms. The number of pyridine rings is 1. The lowest BCUT2D eigenvalue weighted by Gasteiger charge is -2.32. The van der Waals surface area contributed by atoms with Gasteiger partial charge in [-0.3, -0.25) is 14.9 Å². The number of carbonyl (C=O) groups is 2. The van der Waals surface area contributed by atoms with Crippen LogP contribution in [0.1, 0.15) is 41.4 Å². The maximum atomic E-state index is 13.1. The Balaban J connectivity index is 1.30. The second-order valence-corrected chi connectivity index (χ2v) is 11.8. The topological polar surface area (TPSA) is 96.5 Å². The van der Waals surface area contributed by atoms with Crippen molar-refractivity contribution in [3.63, 3.8) is 0 Å². The molecule has 0 bridgehead atoms. The Morgan fingerprint density at radius 3 is 2.74 bits per heavy atom. The van der Waals surface area contributed by atoms with Crippen LogP contribution in [0, 0.1) is 5.92 Å². The first kappa shape index (κ1) is 27.1. The van der Waals surface area contributed by atoms with E-state index in [0.717, 1.165) is 35.0 Å². The van der Waals surface area contributed by atoms with Crippen LogP contribution in [0.15, 0.2) is 29.8 Å². The Hall–Kier alpha value is -2.50. The molecule has 0 atom stereocenters. The average Bonchev–Trinajstić information content (AvgIpc) is 3.55. The summed E-state index contributed by atoms with van der Waals surface area (Å²) in [7, 11) is 0. The Morgan fingerprint density at radius 2 is 2.08 bits per heavy atom. The average molecular weight is 593 g/mol. The predicted octanol–water partition coefficient (Wildman–Crippen LogP) is 5.98. The van der Waals surface area contributed by atoms with Crippen molar-refractivity contribution in [2.75, 3.05) is 43.0 Å². The molecule has 5 rings (SSSR count). The maximum absolute atomic E-state index is 13.1. The smallest absolute Gasteiger partial charge is 0.309 e. The van der Waals surface area contributed by atoms with E-state index in [-0.39, 0.29) is 17.8 Å². The molecule has 0 aromatic carbocycles. The standard InChI is InChI=1S/C26H27Cl2N5O3S2/c1-2-36-25(35)16-5-9-33(10-6-16)23-19(28)11-17(13-30-23)24(34)32-26-31-21(20-12-18(27)14-37-20)22(38-26)15-3-7-29-8-4-15/h3,11-14,16,29H,2,4-10H2,1H3,(H,31,32,34).